The van der Waals surface area contributed by atoms with E-state index in [0.717, 1.165) is 94.2 Å². The molecule has 9 atom stereocenters. The Hall–Kier alpha value is -3.84. The van der Waals surface area contributed by atoms with Crippen LogP contribution < -0.4 is 11.4 Å². The molecule has 0 aromatic carbocycles. The molecule has 0 radical (unpaired) electrons. The van der Waals surface area contributed by atoms with Crippen molar-refractivity contribution in [2.24, 2.45) is 0 Å². The fourth-order valence-corrected chi connectivity index (χ4v) is 10.1. The van der Waals surface area contributed by atoms with Gasteiger partial charge in [-0.05, 0) is 96.0 Å². The predicted molar refractivity (Wildman–Crippen MR) is 293 cm³/mol. The molecule has 0 spiro atoms. The number of esters is 2. The highest BCUT2D eigenvalue weighted by Crippen LogP contribution is 2.60. The van der Waals surface area contributed by atoms with Crippen molar-refractivity contribution >= 4 is 33.4 Å². The molecule has 4 unspecified atom stereocenters. The molecule has 2 aliphatic heterocycles. The van der Waals surface area contributed by atoms with Crippen molar-refractivity contribution in [3.63, 3.8) is 0 Å². The summed E-state index contributed by atoms with van der Waals surface area (Å²) in [5, 5.41) is 20.9. The Morgan fingerprint density at radius 3 is 1.78 bits per heavy atom. The molecule has 2 aliphatic rings. The van der Waals surface area contributed by atoms with E-state index in [0.29, 0.717) is 19.3 Å². The van der Waals surface area contributed by atoms with Crippen molar-refractivity contribution in [3.05, 3.63) is 95.7 Å². The monoisotopic (exact) mass is 1110 g/mol. The van der Waals surface area contributed by atoms with Crippen molar-refractivity contribution in [2.45, 2.75) is 217 Å². The van der Waals surface area contributed by atoms with Crippen molar-refractivity contribution in [2.75, 3.05) is 25.6 Å². The zero-order chi connectivity index (χ0) is 55.3. The highest BCUT2D eigenvalue weighted by Gasteiger charge is 2.46. The van der Waals surface area contributed by atoms with Gasteiger partial charge in [0.15, 0.2) is 12.3 Å². The minimum atomic E-state index is -5.45. The van der Waals surface area contributed by atoms with Gasteiger partial charge < -0.3 is 44.7 Å². The van der Waals surface area contributed by atoms with Gasteiger partial charge in [-0.2, -0.15) is 9.29 Å². The van der Waals surface area contributed by atoms with Crippen LogP contribution in [-0.2, 0) is 51.0 Å². The molecule has 2 fully saturated rings. The molecule has 6 N–H and O–H groups in total. The Morgan fingerprint density at radius 2 is 1.14 bits per heavy atom. The molecule has 2 saturated heterocycles. The van der Waals surface area contributed by atoms with E-state index in [2.05, 4.69) is 83.9 Å². The van der Waals surface area contributed by atoms with Gasteiger partial charge in [0.05, 0.1) is 25.4 Å². The fourth-order valence-electron chi connectivity index (χ4n) is 8.00. The zero-order valence-corrected chi connectivity index (χ0v) is 46.8. The van der Waals surface area contributed by atoms with Gasteiger partial charge in [-0.15, -0.1) is 0 Å². The number of aromatic nitrogens is 2. The molecule has 0 saturated carbocycles. The lowest BCUT2D eigenvalue weighted by atomic mass is 10.1. The van der Waals surface area contributed by atoms with E-state index in [1.54, 1.807) is 0 Å². The lowest BCUT2D eigenvalue weighted by Crippen LogP contribution is -2.36. The summed E-state index contributed by atoms with van der Waals surface area (Å²) in [6, 6.07) is 1.24. The molecule has 1 aromatic heterocycles. The SMILES string of the molecule is CCCCC/C=C\CC1OC1C/C=C\C/C=C\CCCC(=O)O[C@H](COC(=O)CCCCCCCC/C=C\C/C=C\C/C=C\CCCCCC)COP(=O)(O)OP(=O)(O)OC[C@H]1O[C@@H](n2ccc(N)nc2=O)[C@H](O)[C@@H]1O. The zero-order valence-electron chi connectivity index (χ0n) is 45.0. The summed E-state index contributed by atoms with van der Waals surface area (Å²) in [7, 11) is -10.9. The van der Waals surface area contributed by atoms with Crippen molar-refractivity contribution in [1.82, 2.24) is 9.55 Å². The number of allylic oxidation sites excluding steroid dienone is 10. The number of carbonyl (C=O) groups is 2. The number of aliphatic hydroxyl groups excluding tert-OH is 2. The first-order valence-electron chi connectivity index (χ1n) is 27.6. The summed E-state index contributed by atoms with van der Waals surface area (Å²) < 4.78 is 62.6. The summed E-state index contributed by atoms with van der Waals surface area (Å²) >= 11 is 0. The highest BCUT2D eigenvalue weighted by atomic mass is 31.3. The number of anilines is 1. The van der Waals surface area contributed by atoms with Gasteiger partial charge in [0.1, 0.15) is 30.7 Å². The number of epoxide rings is 1. The number of nitrogen functional groups attached to an aromatic ring is 1. The van der Waals surface area contributed by atoms with E-state index in [9.17, 15) is 43.5 Å². The summed E-state index contributed by atoms with van der Waals surface area (Å²) in [5.41, 5.74) is 4.59. The highest BCUT2D eigenvalue weighted by molar-refractivity contribution is 7.61. The molecule has 0 aliphatic carbocycles. The van der Waals surface area contributed by atoms with Crippen LogP contribution in [0.1, 0.15) is 181 Å². The molecular formula is C55H89N3O16P2. The average Bonchev–Trinajstić information content (AvgIpc) is 4.07. The van der Waals surface area contributed by atoms with Crippen LogP contribution in [0.15, 0.2) is 90.0 Å². The van der Waals surface area contributed by atoms with Crippen molar-refractivity contribution < 1.29 is 71.0 Å². The molecule has 19 nitrogen and oxygen atoms in total. The first-order chi connectivity index (χ1) is 36.6. The fraction of sp³-hybridized carbons (Fsp3) is 0.673. The normalized spacial score (nSPS) is 21.9. The van der Waals surface area contributed by atoms with Crippen LogP contribution >= 0.6 is 15.6 Å². The van der Waals surface area contributed by atoms with Gasteiger partial charge in [0, 0.05) is 19.0 Å². The Labute approximate surface area is 450 Å². The van der Waals surface area contributed by atoms with Gasteiger partial charge in [0.2, 0.25) is 0 Å². The second-order valence-corrected chi connectivity index (χ2v) is 22.2. The van der Waals surface area contributed by atoms with Crippen LogP contribution in [0.25, 0.3) is 0 Å². The Bertz CT molecular complexity index is 2130. The second-order valence-electron chi connectivity index (χ2n) is 19.1. The first-order valence-corrected chi connectivity index (χ1v) is 30.6. The maximum Gasteiger partial charge on any atom is 0.481 e. The van der Waals surface area contributed by atoms with Gasteiger partial charge >= 0.3 is 33.3 Å². The van der Waals surface area contributed by atoms with E-state index in [-0.39, 0.29) is 30.9 Å². The van der Waals surface area contributed by atoms with Crippen LogP contribution in [0.4, 0.5) is 5.82 Å². The van der Waals surface area contributed by atoms with Crippen LogP contribution in [-0.4, -0.2) is 97.9 Å². The number of phosphoric acid groups is 2. The van der Waals surface area contributed by atoms with E-state index >= 15 is 0 Å². The molecule has 76 heavy (non-hydrogen) atoms. The van der Waals surface area contributed by atoms with Gasteiger partial charge in [-0.3, -0.25) is 23.2 Å². The minimum absolute atomic E-state index is 0.0375. The Kier molecular flexibility index (Phi) is 34.5. The number of aliphatic hydroxyl groups is 2. The molecule has 3 rings (SSSR count). The van der Waals surface area contributed by atoms with Crippen molar-refractivity contribution in [1.29, 1.82) is 0 Å². The number of ether oxygens (including phenoxy) is 4. The maximum absolute atomic E-state index is 12.9. The van der Waals surface area contributed by atoms with Gasteiger partial charge in [-0.25, -0.2) is 13.9 Å². The Balaban J connectivity index is 1.39. The van der Waals surface area contributed by atoms with Crippen LogP contribution in [0.2, 0.25) is 0 Å². The maximum atomic E-state index is 12.9. The van der Waals surface area contributed by atoms with E-state index < -0.39 is 83.7 Å². The van der Waals surface area contributed by atoms with Crippen molar-refractivity contribution in [3.8, 4) is 0 Å². The van der Waals surface area contributed by atoms with Crippen LogP contribution in [0, 0.1) is 0 Å². The third-order valence-corrected chi connectivity index (χ3v) is 15.0. The lowest BCUT2D eigenvalue weighted by Gasteiger charge is -2.21. The van der Waals surface area contributed by atoms with Gasteiger partial charge in [-0.1, -0.05) is 145 Å². The first kappa shape index (κ1) is 66.4. The number of rotatable bonds is 44. The molecule has 3 heterocycles. The topological polar surface area (TPSA) is 278 Å². The molecule has 0 bridgehead atoms. The Morgan fingerprint density at radius 1 is 0.645 bits per heavy atom. The molecule has 21 heteroatoms. The average molecular weight is 1110 g/mol. The molecule has 430 valence electrons. The summed E-state index contributed by atoms with van der Waals surface area (Å²) in [5.74, 6) is -1.39. The molecule has 0 amide bonds. The quantitative estimate of drug-likeness (QED) is 0.0133. The second kappa shape index (κ2) is 39.5. The number of hydrogen-bond donors (Lipinski definition) is 5. The van der Waals surface area contributed by atoms with E-state index in [4.69, 9.17) is 33.7 Å². The number of nitrogens with zero attached hydrogens (tertiary/aromatic N) is 2. The van der Waals surface area contributed by atoms with Crippen LogP contribution in [0.5, 0.6) is 0 Å². The third-order valence-electron chi connectivity index (χ3n) is 12.4. The van der Waals surface area contributed by atoms with E-state index in [1.807, 2.05) is 12.2 Å². The number of nitrogens with two attached hydrogens (primary N) is 1. The molecule has 1 aromatic rings. The minimum Gasteiger partial charge on any atom is -0.462 e. The summed E-state index contributed by atoms with van der Waals surface area (Å²) in [6.07, 6.45) is 42.9. The standard InChI is InChI=1S/C55H89N3O16P2/c1-3-5-7-9-11-12-13-14-15-16-17-18-19-20-21-22-23-26-30-34-38-50(59)68-42-45(71-51(60)39-35-31-27-24-25-29-33-37-47-46(72-47)36-32-28-10-8-6-4-2)43-69-75(64,65)74-76(66,67)70-44-48-52(61)53(62)54(73-48)58-41-40-49(56)57-55(58)63/h12-13,15-16,18-19,24,27-29,32-33,40-41,45-48,52-54,61-62H,3-11,14,17,20-23,25-26,30-31,34-39,42-44H2,1-2H3,(H,64,65)(H,66,67)(H2,56,57,63)/b13-12-,16-15-,19-18-,27-24-,32-28-,33-29-/t45-,46?,47?,48-,52-,53-,54-/m1/s1. The smallest absolute Gasteiger partial charge is 0.462 e. The summed E-state index contributed by atoms with van der Waals surface area (Å²) in [4.78, 5) is 62.1. The summed E-state index contributed by atoms with van der Waals surface area (Å²) in [6.45, 7) is 2.04. The van der Waals surface area contributed by atoms with E-state index in [1.165, 1.54) is 51.0 Å². The lowest BCUT2D eigenvalue weighted by molar-refractivity contribution is -0.161. The number of phosphoric ester groups is 2. The van der Waals surface area contributed by atoms with Crippen LogP contribution in [0.3, 0.4) is 0 Å². The predicted octanol–water partition coefficient (Wildman–Crippen LogP) is 11.0. The number of hydrogen-bond acceptors (Lipinski definition) is 16. The number of carbonyl (C=O) groups excluding carboxylic acids is 2. The number of unbranched alkanes of at least 4 members (excludes halogenated alkanes) is 14. The third kappa shape index (κ3) is 30.9. The molecular weight excluding hydrogens is 1020 g/mol. The largest absolute Gasteiger partial charge is 0.481 e. The van der Waals surface area contributed by atoms with Gasteiger partial charge in [0.25, 0.3) is 0 Å².